The van der Waals surface area contributed by atoms with Crippen LogP contribution in [0.4, 0.5) is 5.69 Å². The molecule has 3 aromatic rings. The molecule has 216 valence electrons. The monoisotopic (exact) mass is 562 g/mol. The van der Waals surface area contributed by atoms with Crippen molar-refractivity contribution in [3.63, 3.8) is 0 Å². The number of methoxy groups -OCH3 is 3. The Hall–Kier alpha value is -5.06. The van der Waals surface area contributed by atoms with Gasteiger partial charge in [-0.05, 0) is 72.9 Å². The smallest absolute Gasteiger partial charge is 0.329 e. The first-order chi connectivity index (χ1) is 19.7. The van der Waals surface area contributed by atoms with Gasteiger partial charge in [-0.1, -0.05) is 24.3 Å². The fraction of sp³-hybridized carbons (Fsp3) is 0.267. The maximum Gasteiger partial charge on any atom is 0.329 e. The molecule has 0 aliphatic rings. The predicted octanol–water partition coefficient (Wildman–Crippen LogP) is 3.16. The lowest BCUT2D eigenvalue weighted by atomic mass is 10.1. The van der Waals surface area contributed by atoms with Crippen LogP contribution < -0.4 is 35.0 Å². The molecule has 3 N–H and O–H groups in total. The Morgan fingerprint density at radius 1 is 0.805 bits per heavy atom. The summed E-state index contributed by atoms with van der Waals surface area (Å²) >= 11 is 0. The topological polar surface area (TPSA) is 137 Å². The fourth-order valence-electron chi connectivity index (χ4n) is 3.87. The van der Waals surface area contributed by atoms with E-state index in [1.165, 1.54) is 13.3 Å². The minimum atomic E-state index is -0.907. The lowest BCUT2D eigenvalue weighted by Gasteiger charge is -2.13. The van der Waals surface area contributed by atoms with Gasteiger partial charge in [0.25, 0.3) is 5.91 Å². The van der Waals surface area contributed by atoms with E-state index in [4.69, 9.17) is 18.9 Å². The quantitative estimate of drug-likeness (QED) is 0.175. The Morgan fingerprint density at radius 2 is 1.46 bits per heavy atom. The van der Waals surface area contributed by atoms with E-state index < -0.39 is 11.8 Å². The Labute approximate surface area is 238 Å². The summed E-state index contributed by atoms with van der Waals surface area (Å²) in [4.78, 5) is 36.6. The van der Waals surface area contributed by atoms with Crippen LogP contribution >= 0.6 is 0 Å². The van der Waals surface area contributed by atoms with E-state index in [1.54, 1.807) is 44.6 Å². The molecule has 0 bridgehead atoms. The van der Waals surface area contributed by atoms with Gasteiger partial charge < -0.3 is 29.6 Å². The number of benzene rings is 3. The largest absolute Gasteiger partial charge is 0.493 e. The van der Waals surface area contributed by atoms with E-state index in [9.17, 15) is 14.4 Å². The summed E-state index contributed by atoms with van der Waals surface area (Å²) in [5.74, 6) is -0.113. The Bertz CT molecular complexity index is 1400. The highest BCUT2D eigenvalue weighted by atomic mass is 16.5. The van der Waals surface area contributed by atoms with Gasteiger partial charge in [0.2, 0.25) is 0 Å². The molecule has 11 heteroatoms. The summed E-state index contributed by atoms with van der Waals surface area (Å²) in [5.41, 5.74) is 6.35. The van der Waals surface area contributed by atoms with Crippen LogP contribution in [-0.4, -0.2) is 58.4 Å². The summed E-state index contributed by atoms with van der Waals surface area (Å²) in [6.07, 6.45) is 1.85. The Morgan fingerprint density at radius 3 is 2.15 bits per heavy atom. The number of anilines is 1. The Balaban J connectivity index is 1.47. The average molecular weight is 563 g/mol. The van der Waals surface area contributed by atoms with Gasteiger partial charge in [0.05, 0.1) is 27.5 Å². The van der Waals surface area contributed by atoms with Crippen molar-refractivity contribution >= 4 is 29.6 Å². The van der Waals surface area contributed by atoms with E-state index in [2.05, 4.69) is 21.2 Å². The molecule has 41 heavy (non-hydrogen) atoms. The van der Waals surface area contributed by atoms with Gasteiger partial charge in [-0.15, -0.1) is 0 Å². The van der Waals surface area contributed by atoms with E-state index in [-0.39, 0.29) is 19.1 Å². The first kappa shape index (κ1) is 30.5. The lowest BCUT2D eigenvalue weighted by Crippen LogP contribution is -2.38. The molecule has 0 spiro atoms. The molecule has 0 heterocycles. The van der Waals surface area contributed by atoms with Crippen LogP contribution in [0.3, 0.4) is 0 Å². The summed E-state index contributed by atoms with van der Waals surface area (Å²) in [7, 11) is 4.56. The van der Waals surface area contributed by atoms with Gasteiger partial charge in [-0.25, -0.2) is 5.43 Å². The number of para-hydroxylation sites is 1. The van der Waals surface area contributed by atoms with Gasteiger partial charge in [-0.2, -0.15) is 5.10 Å². The van der Waals surface area contributed by atoms with Crippen molar-refractivity contribution in [3.05, 3.63) is 76.9 Å². The van der Waals surface area contributed by atoms with Crippen LogP contribution in [-0.2, 0) is 20.8 Å². The van der Waals surface area contributed by atoms with Gasteiger partial charge in [0.15, 0.2) is 29.6 Å². The summed E-state index contributed by atoms with van der Waals surface area (Å²) in [6.45, 7) is 3.87. The van der Waals surface area contributed by atoms with Crippen LogP contribution in [0.5, 0.6) is 23.0 Å². The highest BCUT2D eigenvalue weighted by molar-refractivity contribution is 6.35. The molecule has 3 amide bonds. The molecule has 3 aromatic carbocycles. The van der Waals surface area contributed by atoms with Crippen LogP contribution in [0.15, 0.2) is 59.7 Å². The second-order valence-corrected chi connectivity index (χ2v) is 8.91. The number of hydrogen-bond donors (Lipinski definition) is 3. The highest BCUT2D eigenvalue weighted by Crippen LogP contribution is 2.28. The second kappa shape index (κ2) is 14.9. The molecular formula is C30H34N4O7. The van der Waals surface area contributed by atoms with E-state index >= 15 is 0 Å². The van der Waals surface area contributed by atoms with Crippen molar-refractivity contribution in [3.8, 4) is 23.0 Å². The zero-order valence-corrected chi connectivity index (χ0v) is 23.7. The Kier molecular flexibility index (Phi) is 11.1. The number of rotatable bonds is 12. The first-order valence-corrected chi connectivity index (χ1v) is 12.7. The molecule has 0 saturated heterocycles. The van der Waals surface area contributed by atoms with Gasteiger partial charge in [-0.3, -0.25) is 14.4 Å². The van der Waals surface area contributed by atoms with Crippen molar-refractivity contribution in [2.24, 2.45) is 5.10 Å². The number of nitrogens with one attached hydrogen (secondary N) is 3. The van der Waals surface area contributed by atoms with Gasteiger partial charge in [0, 0.05) is 12.2 Å². The van der Waals surface area contributed by atoms with E-state index in [1.807, 2.05) is 38.1 Å². The normalized spacial score (nSPS) is 10.6. The number of amides is 3. The molecule has 3 rings (SSSR count). The fourth-order valence-corrected chi connectivity index (χ4v) is 3.87. The molecule has 0 aliphatic heterocycles. The molecule has 0 unspecified atom stereocenters. The van der Waals surface area contributed by atoms with Crippen LogP contribution in [0, 0.1) is 13.8 Å². The number of carbonyl (C=O) groups excluding carboxylic acids is 3. The van der Waals surface area contributed by atoms with Crippen LogP contribution in [0.25, 0.3) is 0 Å². The second-order valence-electron chi connectivity index (χ2n) is 8.91. The number of nitrogens with zero attached hydrogens (tertiary/aromatic N) is 1. The predicted molar refractivity (Wildman–Crippen MR) is 155 cm³/mol. The van der Waals surface area contributed by atoms with Gasteiger partial charge >= 0.3 is 11.8 Å². The molecule has 0 fully saturated rings. The number of hydrazone groups is 1. The number of carbonyl (C=O) groups is 3. The van der Waals surface area contributed by atoms with Crippen LogP contribution in [0.2, 0.25) is 0 Å². The minimum absolute atomic E-state index is 0.214. The highest BCUT2D eigenvalue weighted by Gasteiger charge is 2.13. The lowest BCUT2D eigenvalue weighted by molar-refractivity contribution is -0.139. The summed E-state index contributed by atoms with van der Waals surface area (Å²) in [6, 6.07) is 16.1. The molecular weight excluding hydrogens is 528 g/mol. The summed E-state index contributed by atoms with van der Waals surface area (Å²) in [5, 5.41) is 9.25. The third kappa shape index (κ3) is 8.72. The van der Waals surface area contributed by atoms with Crippen molar-refractivity contribution in [1.29, 1.82) is 0 Å². The molecule has 0 aromatic heterocycles. The van der Waals surface area contributed by atoms with Crippen LogP contribution in [0.1, 0.15) is 22.3 Å². The zero-order chi connectivity index (χ0) is 29.8. The standard InChI is InChI=1S/C30H34N4O7/c1-19-7-6-8-20(2)28(19)33-27(35)18-41-24-12-10-22(16-26(24)40-5)17-32-34-30(37)29(36)31-14-13-21-9-11-23(38-3)25(15-21)39-4/h6-12,15-17H,13-14,18H2,1-5H3,(H,31,36)(H,33,35)(H,34,37)/b32-17-. The zero-order valence-electron chi connectivity index (χ0n) is 23.7. The maximum absolute atomic E-state index is 12.4. The van der Waals surface area contributed by atoms with E-state index in [0.29, 0.717) is 35.0 Å². The first-order valence-electron chi connectivity index (χ1n) is 12.7. The third-order valence-electron chi connectivity index (χ3n) is 6.03. The summed E-state index contributed by atoms with van der Waals surface area (Å²) < 4.78 is 21.5. The van der Waals surface area contributed by atoms with Crippen molar-refractivity contribution in [2.75, 3.05) is 39.8 Å². The van der Waals surface area contributed by atoms with Crippen molar-refractivity contribution < 1.29 is 33.3 Å². The van der Waals surface area contributed by atoms with Crippen molar-refractivity contribution in [1.82, 2.24) is 10.7 Å². The number of aryl methyl sites for hydroxylation is 2. The molecule has 0 saturated carbocycles. The van der Waals surface area contributed by atoms with Gasteiger partial charge in [0.1, 0.15) is 0 Å². The SMILES string of the molecule is COc1ccc(CCNC(=O)C(=O)N/N=C\c2ccc(OCC(=O)Nc3c(C)cccc3C)c(OC)c2)cc1OC. The molecule has 0 radical (unpaired) electrons. The number of ether oxygens (including phenoxy) is 4. The van der Waals surface area contributed by atoms with Crippen molar-refractivity contribution in [2.45, 2.75) is 20.3 Å². The number of hydrogen-bond acceptors (Lipinski definition) is 8. The molecule has 0 atom stereocenters. The molecule has 0 aliphatic carbocycles. The molecule has 11 nitrogen and oxygen atoms in total. The minimum Gasteiger partial charge on any atom is -0.493 e. The van der Waals surface area contributed by atoms with E-state index in [0.717, 1.165) is 22.4 Å². The maximum atomic E-state index is 12.4. The average Bonchev–Trinajstić information content (AvgIpc) is 2.97. The third-order valence-corrected chi connectivity index (χ3v) is 6.03.